The van der Waals surface area contributed by atoms with E-state index in [0.29, 0.717) is 28.6 Å². The number of alkyl halides is 3. The lowest BCUT2D eigenvalue weighted by molar-refractivity contribution is -0.137. The summed E-state index contributed by atoms with van der Waals surface area (Å²) in [6.07, 6.45) is -2.28. The van der Waals surface area contributed by atoms with Crippen LogP contribution in [0.5, 0.6) is 0 Å². The number of hydrogen-bond acceptors (Lipinski definition) is 5. The second kappa shape index (κ2) is 9.17. The monoisotopic (exact) mass is 509 g/mol. The predicted octanol–water partition coefficient (Wildman–Crippen LogP) is 6.09. The highest BCUT2D eigenvalue weighted by Crippen LogP contribution is 2.36. The van der Waals surface area contributed by atoms with Crippen LogP contribution in [0.3, 0.4) is 0 Å². The number of fused-ring (bicyclic) bond motifs is 1. The number of carboxylic acid groups (broad SMARTS) is 1. The first-order valence-electron chi connectivity index (χ1n) is 12.0. The number of imidazole rings is 1. The van der Waals surface area contributed by atoms with Crippen molar-refractivity contribution in [2.75, 3.05) is 5.32 Å². The zero-order valence-electron chi connectivity index (χ0n) is 20.6. The number of nitrogens with zero attached hydrogens (tertiary/aromatic N) is 4. The fourth-order valence-corrected chi connectivity index (χ4v) is 4.62. The van der Waals surface area contributed by atoms with Gasteiger partial charge >= 0.3 is 12.1 Å². The number of halogens is 3. The SMILES string of the molecule is Cc1cc(C)cc(-c2nc3nc(C(=O)O)nc(N[C@H](C)C4CC4)c3n2Cc2ccc(C(F)(F)F)cc2)c1. The minimum absolute atomic E-state index is 0.0545. The van der Waals surface area contributed by atoms with Crippen molar-refractivity contribution in [1.29, 1.82) is 0 Å². The number of hydrogen-bond donors (Lipinski definition) is 2. The van der Waals surface area contributed by atoms with E-state index in [4.69, 9.17) is 4.98 Å². The Morgan fingerprint density at radius 3 is 2.30 bits per heavy atom. The highest BCUT2D eigenvalue weighted by molar-refractivity contribution is 5.92. The standard InChI is InChI=1S/C27H26F3N5O2/c1-14-10-15(2)12-19(11-14)25-34-23-21(35(25)13-17-4-8-20(9-5-17)27(28,29)30)22(31-16(3)18-6-7-18)32-24(33-23)26(36)37/h4-5,8-12,16,18H,6-7,13H2,1-3H3,(H,36,37)(H,31,32,33)/t16-/m1/s1. The van der Waals surface area contributed by atoms with Crippen molar-refractivity contribution in [3.8, 4) is 11.4 Å². The van der Waals surface area contributed by atoms with Crippen LogP contribution in [0.1, 0.15) is 52.6 Å². The molecule has 192 valence electrons. The van der Waals surface area contributed by atoms with Gasteiger partial charge in [0.2, 0.25) is 5.82 Å². The summed E-state index contributed by atoms with van der Waals surface area (Å²) in [4.78, 5) is 25.0. The van der Waals surface area contributed by atoms with Gasteiger partial charge in [-0.1, -0.05) is 29.3 Å². The molecule has 10 heteroatoms. The zero-order chi connectivity index (χ0) is 26.5. The van der Waals surface area contributed by atoms with Gasteiger partial charge in [-0.15, -0.1) is 0 Å². The van der Waals surface area contributed by atoms with Crippen LogP contribution in [0.25, 0.3) is 22.6 Å². The van der Waals surface area contributed by atoms with Crippen LogP contribution in [-0.4, -0.2) is 36.6 Å². The third kappa shape index (κ3) is 5.14. The van der Waals surface area contributed by atoms with E-state index in [-0.39, 0.29) is 24.1 Å². The molecule has 0 amide bonds. The molecule has 0 bridgehead atoms. The largest absolute Gasteiger partial charge is 0.475 e. The number of nitrogens with one attached hydrogen (secondary N) is 1. The molecule has 2 N–H and O–H groups in total. The van der Waals surface area contributed by atoms with Crippen molar-refractivity contribution < 1.29 is 23.1 Å². The maximum Gasteiger partial charge on any atom is 0.416 e. The Bertz CT molecular complexity index is 1470. The Morgan fingerprint density at radius 1 is 1.08 bits per heavy atom. The van der Waals surface area contributed by atoms with Gasteiger partial charge in [-0.2, -0.15) is 13.2 Å². The van der Waals surface area contributed by atoms with Crippen LogP contribution < -0.4 is 5.32 Å². The lowest BCUT2D eigenvalue weighted by atomic mass is 10.1. The number of rotatable bonds is 7. The minimum atomic E-state index is -4.43. The van der Waals surface area contributed by atoms with Gasteiger partial charge in [0.1, 0.15) is 11.3 Å². The average Bonchev–Trinajstić information content (AvgIpc) is 3.60. The lowest BCUT2D eigenvalue weighted by Crippen LogP contribution is -2.20. The summed E-state index contributed by atoms with van der Waals surface area (Å²) in [5.41, 5.74) is 3.44. The first-order chi connectivity index (χ1) is 17.5. The molecule has 0 aliphatic heterocycles. The molecular formula is C27H26F3N5O2. The van der Waals surface area contributed by atoms with E-state index >= 15 is 0 Å². The van der Waals surface area contributed by atoms with E-state index in [0.717, 1.165) is 41.7 Å². The van der Waals surface area contributed by atoms with Gasteiger partial charge < -0.3 is 15.0 Å². The molecular weight excluding hydrogens is 483 g/mol. The molecule has 2 aromatic heterocycles. The molecule has 2 heterocycles. The zero-order valence-corrected chi connectivity index (χ0v) is 20.6. The fourth-order valence-electron chi connectivity index (χ4n) is 4.62. The normalized spacial score (nSPS) is 14.6. The van der Waals surface area contributed by atoms with E-state index in [1.807, 2.05) is 43.5 Å². The van der Waals surface area contributed by atoms with Crippen molar-refractivity contribution in [3.63, 3.8) is 0 Å². The van der Waals surface area contributed by atoms with Crippen LogP contribution in [0, 0.1) is 19.8 Å². The van der Waals surface area contributed by atoms with Gasteiger partial charge in [-0.05, 0) is 69.4 Å². The van der Waals surface area contributed by atoms with E-state index in [2.05, 4.69) is 15.3 Å². The molecule has 1 fully saturated rings. The molecule has 1 aliphatic rings. The summed E-state index contributed by atoms with van der Waals surface area (Å²) >= 11 is 0. The summed E-state index contributed by atoms with van der Waals surface area (Å²) in [6.45, 7) is 6.14. The Kier molecular flexibility index (Phi) is 6.13. The van der Waals surface area contributed by atoms with Gasteiger partial charge in [0.05, 0.1) is 5.56 Å². The summed E-state index contributed by atoms with van der Waals surface area (Å²) in [5.74, 6) is -0.306. The molecule has 0 radical (unpaired) electrons. The van der Waals surface area contributed by atoms with Gasteiger partial charge in [0.25, 0.3) is 0 Å². The topological polar surface area (TPSA) is 92.9 Å². The Morgan fingerprint density at radius 2 is 1.73 bits per heavy atom. The Labute approximate surface area is 211 Å². The predicted molar refractivity (Wildman–Crippen MR) is 134 cm³/mol. The molecule has 0 unspecified atom stereocenters. The first-order valence-corrected chi connectivity index (χ1v) is 12.0. The van der Waals surface area contributed by atoms with Gasteiger partial charge in [0, 0.05) is 18.2 Å². The highest BCUT2D eigenvalue weighted by Gasteiger charge is 2.31. The first kappa shape index (κ1) is 24.7. The van der Waals surface area contributed by atoms with Crippen LogP contribution in [0.2, 0.25) is 0 Å². The number of carbonyl (C=O) groups is 1. The summed E-state index contributed by atoms with van der Waals surface area (Å²) in [6, 6.07) is 11.0. The Hall–Kier alpha value is -3.95. The number of aromatic carboxylic acids is 1. The van der Waals surface area contributed by atoms with Crippen LogP contribution >= 0.6 is 0 Å². The number of carboxylic acids is 1. The Balaban J connectivity index is 1.71. The molecule has 0 saturated heterocycles. The molecule has 7 nitrogen and oxygen atoms in total. The maximum atomic E-state index is 13.1. The fraction of sp³-hybridized carbons (Fsp3) is 0.333. The van der Waals surface area contributed by atoms with Crippen LogP contribution in [-0.2, 0) is 12.7 Å². The van der Waals surface area contributed by atoms with E-state index in [9.17, 15) is 23.1 Å². The maximum absolute atomic E-state index is 13.1. The molecule has 1 aliphatic carbocycles. The van der Waals surface area contributed by atoms with E-state index < -0.39 is 17.7 Å². The molecule has 4 aromatic rings. The van der Waals surface area contributed by atoms with Crippen molar-refractivity contribution in [2.24, 2.45) is 5.92 Å². The number of aryl methyl sites for hydroxylation is 2. The quantitative estimate of drug-likeness (QED) is 0.313. The molecule has 5 rings (SSSR count). The van der Waals surface area contributed by atoms with Crippen molar-refractivity contribution in [2.45, 2.75) is 52.4 Å². The van der Waals surface area contributed by atoms with Gasteiger partial charge in [-0.25, -0.2) is 19.7 Å². The smallest absolute Gasteiger partial charge is 0.416 e. The average molecular weight is 510 g/mol. The third-order valence-corrected chi connectivity index (χ3v) is 6.59. The second-order valence-electron chi connectivity index (χ2n) is 9.74. The van der Waals surface area contributed by atoms with Crippen molar-refractivity contribution in [3.05, 3.63) is 70.5 Å². The van der Waals surface area contributed by atoms with E-state index in [1.54, 1.807) is 0 Å². The minimum Gasteiger partial charge on any atom is -0.475 e. The highest BCUT2D eigenvalue weighted by atomic mass is 19.4. The number of benzene rings is 2. The second-order valence-corrected chi connectivity index (χ2v) is 9.74. The van der Waals surface area contributed by atoms with Crippen LogP contribution in [0.4, 0.5) is 19.0 Å². The summed E-state index contributed by atoms with van der Waals surface area (Å²) < 4.78 is 41.2. The van der Waals surface area contributed by atoms with Gasteiger partial charge in [-0.3, -0.25) is 0 Å². The lowest BCUT2D eigenvalue weighted by Gasteiger charge is -2.17. The van der Waals surface area contributed by atoms with Crippen molar-refractivity contribution in [1.82, 2.24) is 19.5 Å². The van der Waals surface area contributed by atoms with Crippen LogP contribution in [0.15, 0.2) is 42.5 Å². The van der Waals surface area contributed by atoms with Crippen molar-refractivity contribution >= 4 is 23.0 Å². The van der Waals surface area contributed by atoms with E-state index in [1.165, 1.54) is 12.1 Å². The molecule has 1 saturated carbocycles. The molecule has 1 atom stereocenters. The molecule has 2 aromatic carbocycles. The summed E-state index contributed by atoms with van der Waals surface area (Å²) in [5, 5.41) is 13.0. The number of anilines is 1. The summed E-state index contributed by atoms with van der Waals surface area (Å²) in [7, 11) is 0. The molecule has 37 heavy (non-hydrogen) atoms. The number of aromatic nitrogens is 4. The third-order valence-electron chi connectivity index (χ3n) is 6.59. The van der Waals surface area contributed by atoms with Gasteiger partial charge in [0.15, 0.2) is 11.5 Å². The molecule has 0 spiro atoms.